The Morgan fingerprint density at radius 2 is 2.56 bits per heavy atom. The Labute approximate surface area is 98.9 Å². The Balaban J connectivity index is 2.00. The van der Waals surface area contributed by atoms with Crippen LogP contribution in [0.4, 0.5) is 0 Å². The Morgan fingerprint density at radius 3 is 3.25 bits per heavy atom. The molecular weight excluding hydrogens is 226 g/mol. The number of hydrogen-bond acceptors (Lipinski definition) is 5. The van der Waals surface area contributed by atoms with Gasteiger partial charge in [-0.1, -0.05) is 12.2 Å². The number of nitrogens with zero attached hydrogens (tertiary/aromatic N) is 2. The zero-order chi connectivity index (χ0) is 11.4. The number of nitrogens with two attached hydrogens (primary N) is 1. The maximum atomic E-state index is 5.56. The molecule has 16 heavy (non-hydrogen) atoms. The Hall–Kier alpha value is -1.27. The SMILES string of the molecule is NC(=S)c1ccnnc1OCC1CCOC1. The van der Waals surface area contributed by atoms with Crippen LogP contribution in [0.5, 0.6) is 5.88 Å². The highest BCUT2D eigenvalue weighted by atomic mass is 32.1. The van der Waals surface area contributed by atoms with Gasteiger partial charge in [-0.3, -0.25) is 0 Å². The third-order valence-corrected chi connectivity index (χ3v) is 2.65. The van der Waals surface area contributed by atoms with Crippen LogP contribution in [0.15, 0.2) is 12.3 Å². The van der Waals surface area contributed by atoms with E-state index >= 15 is 0 Å². The second-order valence-corrected chi connectivity index (χ2v) is 4.09. The van der Waals surface area contributed by atoms with Crippen molar-refractivity contribution in [3.63, 3.8) is 0 Å². The molecule has 6 heteroatoms. The van der Waals surface area contributed by atoms with E-state index < -0.39 is 0 Å². The Kier molecular flexibility index (Phi) is 3.63. The Morgan fingerprint density at radius 1 is 1.69 bits per heavy atom. The molecule has 0 spiro atoms. The molecule has 5 nitrogen and oxygen atoms in total. The van der Waals surface area contributed by atoms with Gasteiger partial charge in [0.1, 0.15) is 4.99 Å². The maximum Gasteiger partial charge on any atom is 0.243 e. The first-order valence-corrected chi connectivity index (χ1v) is 5.50. The molecular formula is C10H13N3O2S. The lowest BCUT2D eigenvalue weighted by atomic mass is 10.1. The fourth-order valence-electron chi connectivity index (χ4n) is 1.52. The van der Waals surface area contributed by atoms with Crippen molar-refractivity contribution in [1.29, 1.82) is 0 Å². The van der Waals surface area contributed by atoms with E-state index in [1.165, 1.54) is 0 Å². The topological polar surface area (TPSA) is 70.3 Å². The van der Waals surface area contributed by atoms with Gasteiger partial charge in [0.15, 0.2) is 0 Å². The lowest BCUT2D eigenvalue weighted by Crippen LogP contribution is -2.17. The van der Waals surface area contributed by atoms with Gasteiger partial charge >= 0.3 is 0 Å². The summed E-state index contributed by atoms with van der Waals surface area (Å²) in [7, 11) is 0. The molecule has 0 aromatic carbocycles. The molecule has 0 saturated carbocycles. The van der Waals surface area contributed by atoms with Crippen molar-refractivity contribution in [3.8, 4) is 5.88 Å². The zero-order valence-electron chi connectivity index (χ0n) is 8.76. The molecule has 1 fully saturated rings. The summed E-state index contributed by atoms with van der Waals surface area (Å²) >= 11 is 4.90. The molecule has 1 aliphatic heterocycles. The van der Waals surface area contributed by atoms with Crippen LogP contribution in [0, 0.1) is 5.92 Å². The van der Waals surface area contributed by atoms with Crippen molar-refractivity contribution in [1.82, 2.24) is 10.2 Å². The molecule has 0 bridgehead atoms. The van der Waals surface area contributed by atoms with Crippen molar-refractivity contribution < 1.29 is 9.47 Å². The van der Waals surface area contributed by atoms with Gasteiger partial charge in [-0.25, -0.2) is 0 Å². The Bertz CT molecular complexity index is 380. The van der Waals surface area contributed by atoms with Crippen LogP contribution in [0.1, 0.15) is 12.0 Å². The molecule has 1 aliphatic rings. The number of thiocarbonyl (C=S) groups is 1. The summed E-state index contributed by atoms with van der Waals surface area (Å²) in [4.78, 5) is 0.271. The average Bonchev–Trinajstić information content (AvgIpc) is 2.79. The molecule has 0 amide bonds. The number of ether oxygens (including phenoxy) is 2. The lowest BCUT2D eigenvalue weighted by molar-refractivity contribution is 0.165. The van der Waals surface area contributed by atoms with Crippen molar-refractivity contribution in [2.24, 2.45) is 11.7 Å². The van der Waals surface area contributed by atoms with E-state index in [0.717, 1.165) is 19.6 Å². The van der Waals surface area contributed by atoms with E-state index in [4.69, 9.17) is 27.4 Å². The maximum absolute atomic E-state index is 5.56. The normalized spacial score (nSPS) is 19.6. The fraction of sp³-hybridized carbons (Fsp3) is 0.500. The molecule has 2 rings (SSSR count). The highest BCUT2D eigenvalue weighted by Gasteiger charge is 2.17. The molecule has 1 saturated heterocycles. The first-order chi connectivity index (χ1) is 7.77. The number of aromatic nitrogens is 2. The molecule has 86 valence electrons. The zero-order valence-corrected chi connectivity index (χ0v) is 9.57. The molecule has 2 N–H and O–H groups in total. The second kappa shape index (κ2) is 5.18. The summed E-state index contributed by atoms with van der Waals surface area (Å²) in [5.41, 5.74) is 6.19. The van der Waals surface area contributed by atoms with Crippen LogP contribution in [0.2, 0.25) is 0 Å². The van der Waals surface area contributed by atoms with E-state index in [-0.39, 0.29) is 4.99 Å². The molecule has 1 aromatic rings. The first kappa shape index (κ1) is 11.2. The van der Waals surface area contributed by atoms with Crippen molar-refractivity contribution >= 4 is 17.2 Å². The standard InChI is InChI=1S/C10H13N3O2S/c11-9(16)8-1-3-12-13-10(8)15-6-7-2-4-14-5-7/h1,3,7H,2,4-6H2,(H2,11,16). The van der Waals surface area contributed by atoms with Crippen LogP contribution in [-0.2, 0) is 4.74 Å². The monoisotopic (exact) mass is 239 g/mol. The predicted octanol–water partition coefficient (Wildman–Crippen LogP) is 0.526. The summed E-state index contributed by atoms with van der Waals surface area (Å²) in [6.45, 7) is 2.10. The third kappa shape index (κ3) is 2.65. The van der Waals surface area contributed by atoms with Gasteiger partial charge in [-0.2, -0.15) is 5.10 Å². The van der Waals surface area contributed by atoms with Crippen LogP contribution < -0.4 is 10.5 Å². The molecule has 1 aromatic heterocycles. The van der Waals surface area contributed by atoms with Gasteiger partial charge in [0, 0.05) is 12.5 Å². The van der Waals surface area contributed by atoms with Crippen molar-refractivity contribution in [2.45, 2.75) is 6.42 Å². The summed E-state index contributed by atoms with van der Waals surface area (Å²) in [6, 6.07) is 1.70. The second-order valence-electron chi connectivity index (χ2n) is 3.65. The fourth-order valence-corrected chi connectivity index (χ4v) is 1.68. The van der Waals surface area contributed by atoms with Gasteiger partial charge in [0.25, 0.3) is 0 Å². The lowest BCUT2D eigenvalue weighted by Gasteiger charge is -2.11. The quantitative estimate of drug-likeness (QED) is 0.773. The van der Waals surface area contributed by atoms with Crippen molar-refractivity contribution in [3.05, 3.63) is 17.8 Å². The van der Waals surface area contributed by atoms with Gasteiger partial charge < -0.3 is 15.2 Å². The van der Waals surface area contributed by atoms with E-state index in [2.05, 4.69) is 10.2 Å². The minimum Gasteiger partial charge on any atom is -0.476 e. The summed E-state index contributed by atoms with van der Waals surface area (Å²) < 4.78 is 10.8. The minimum atomic E-state index is 0.271. The first-order valence-electron chi connectivity index (χ1n) is 5.09. The molecule has 0 radical (unpaired) electrons. The number of hydrogen-bond donors (Lipinski definition) is 1. The van der Waals surface area contributed by atoms with E-state index in [0.29, 0.717) is 24.0 Å². The van der Waals surface area contributed by atoms with Crippen molar-refractivity contribution in [2.75, 3.05) is 19.8 Å². The van der Waals surface area contributed by atoms with E-state index in [9.17, 15) is 0 Å². The molecule has 0 aliphatic carbocycles. The minimum absolute atomic E-state index is 0.271. The summed E-state index contributed by atoms with van der Waals surface area (Å²) in [6.07, 6.45) is 2.56. The highest BCUT2D eigenvalue weighted by Crippen LogP contribution is 2.17. The van der Waals surface area contributed by atoms with Crippen LogP contribution >= 0.6 is 12.2 Å². The number of rotatable bonds is 4. The van der Waals surface area contributed by atoms with E-state index in [1.807, 2.05) is 0 Å². The van der Waals surface area contributed by atoms with Crippen LogP contribution in [-0.4, -0.2) is 35.0 Å². The van der Waals surface area contributed by atoms with E-state index in [1.54, 1.807) is 12.3 Å². The molecule has 2 heterocycles. The van der Waals surface area contributed by atoms with Crippen LogP contribution in [0.25, 0.3) is 0 Å². The smallest absolute Gasteiger partial charge is 0.243 e. The summed E-state index contributed by atoms with van der Waals surface area (Å²) in [5.74, 6) is 0.822. The highest BCUT2D eigenvalue weighted by molar-refractivity contribution is 7.80. The third-order valence-electron chi connectivity index (χ3n) is 2.43. The van der Waals surface area contributed by atoms with Crippen LogP contribution in [0.3, 0.4) is 0 Å². The molecule has 1 atom stereocenters. The average molecular weight is 239 g/mol. The van der Waals surface area contributed by atoms with Gasteiger partial charge in [-0.05, 0) is 12.5 Å². The summed E-state index contributed by atoms with van der Waals surface area (Å²) in [5, 5.41) is 7.63. The largest absolute Gasteiger partial charge is 0.476 e. The van der Waals surface area contributed by atoms with Gasteiger partial charge in [-0.15, -0.1) is 5.10 Å². The van der Waals surface area contributed by atoms with Gasteiger partial charge in [0.2, 0.25) is 5.88 Å². The molecule has 1 unspecified atom stereocenters. The van der Waals surface area contributed by atoms with Gasteiger partial charge in [0.05, 0.1) is 25.0 Å². The predicted molar refractivity (Wildman–Crippen MR) is 62.3 cm³/mol.